The normalized spacial score (nSPS) is 12.6. The number of hydrogen-bond donors (Lipinski definition) is 1. The zero-order valence-corrected chi connectivity index (χ0v) is 17.1. The number of benzene rings is 1. The topological polar surface area (TPSA) is 80.8 Å². The average Bonchev–Trinajstić information content (AvgIpc) is 2.73. The zero-order chi connectivity index (χ0) is 21.4. The van der Waals surface area contributed by atoms with E-state index in [4.69, 9.17) is 4.84 Å². The van der Waals surface area contributed by atoms with E-state index in [9.17, 15) is 14.0 Å². The number of amides is 1. The van der Waals surface area contributed by atoms with Crippen molar-refractivity contribution in [3.63, 3.8) is 0 Å². The van der Waals surface area contributed by atoms with E-state index in [1.807, 2.05) is 13.8 Å². The first-order valence-corrected chi connectivity index (χ1v) is 9.51. The van der Waals surface area contributed by atoms with Gasteiger partial charge in [0.1, 0.15) is 5.82 Å². The third-order valence-electron chi connectivity index (χ3n) is 4.22. The highest BCUT2D eigenvalue weighted by Crippen LogP contribution is 2.29. The Bertz CT molecular complexity index is 873. The van der Waals surface area contributed by atoms with E-state index in [0.717, 1.165) is 11.1 Å². The fourth-order valence-electron chi connectivity index (χ4n) is 2.82. The first-order chi connectivity index (χ1) is 14.0. The standard InChI is InChI=1S/C19H20FN3O4.C2H6/c1-12-3-4-15(14(20)9-12)22-16-11-21-10-13-5-7-23(19(25)18(13)16)27-8-6-17(24)26-2;1-2/h3-4,9-11,22H,5-8H2,1-2H3;1-2H3. The van der Waals surface area contributed by atoms with Crippen LogP contribution in [0.15, 0.2) is 30.6 Å². The van der Waals surface area contributed by atoms with Crippen LogP contribution in [0.5, 0.6) is 0 Å². The van der Waals surface area contributed by atoms with Crippen LogP contribution in [0.2, 0.25) is 0 Å². The molecule has 0 unspecified atom stereocenters. The molecule has 1 aliphatic rings. The van der Waals surface area contributed by atoms with E-state index >= 15 is 0 Å². The van der Waals surface area contributed by atoms with E-state index < -0.39 is 11.8 Å². The monoisotopic (exact) mass is 403 g/mol. The minimum Gasteiger partial charge on any atom is -0.469 e. The van der Waals surface area contributed by atoms with Crippen LogP contribution in [0.4, 0.5) is 15.8 Å². The molecule has 8 heteroatoms. The highest BCUT2D eigenvalue weighted by molar-refractivity contribution is 6.01. The van der Waals surface area contributed by atoms with E-state index in [0.29, 0.717) is 24.2 Å². The van der Waals surface area contributed by atoms with E-state index in [1.54, 1.807) is 25.3 Å². The predicted octanol–water partition coefficient (Wildman–Crippen LogP) is 3.79. The summed E-state index contributed by atoms with van der Waals surface area (Å²) in [5.41, 5.74) is 2.60. The Labute approximate surface area is 169 Å². The Morgan fingerprint density at radius 3 is 2.72 bits per heavy atom. The van der Waals surface area contributed by atoms with Crippen molar-refractivity contribution in [2.24, 2.45) is 0 Å². The number of hydrogen-bond acceptors (Lipinski definition) is 6. The molecule has 1 aliphatic heterocycles. The Hall–Kier alpha value is -3.00. The predicted molar refractivity (Wildman–Crippen MR) is 107 cm³/mol. The van der Waals surface area contributed by atoms with Crippen molar-refractivity contribution in [2.45, 2.75) is 33.6 Å². The summed E-state index contributed by atoms with van der Waals surface area (Å²) in [5, 5.41) is 4.16. The highest BCUT2D eigenvalue weighted by atomic mass is 19.1. The van der Waals surface area contributed by atoms with E-state index in [-0.39, 0.29) is 24.6 Å². The second kappa shape index (κ2) is 10.5. The first kappa shape index (κ1) is 22.3. The molecule has 0 saturated carbocycles. The summed E-state index contributed by atoms with van der Waals surface area (Å²) in [6.07, 6.45) is 3.69. The molecule has 2 heterocycles. The molecule has 29 heavy (non-hydrogen) atoms. The molecule has 1 aromatic heterocycles. The Balaban J connectivity index is 0.00000145. The number of aromatic nitrogens is 1. The number of carbonyl (C=O) groups is 2. The number of carbonyl (C=O) groups excluding carboxylic acids is 2. The molecule has 0 fully saturated rings. The van der Waals surface area contributed by atoms with Crippen molar-refractivity contribution in [2.75, 3.05) is 25.6 Å². The molecular formula is C21H26FN3O4. The van der Waals surface area contributed by atoms with Crippen LogP contribution in [0.25, 0.3) is 0 Å². The first-order valence-electron chi connectivity index (χ1n) is 9.51. The van der Waals surface area contributed by atoms with Crippen molar-refractivity contribution in [1.29, 1.82) is 0 Å². The maximum absolute atomic E-state index is 14.2. The zero-order valence-electron chi connectivity index (χ0n) is 17.1. The molecule has 0 saturated heterocycles. The molecule has 1 aromatic carbocycles. The van der Waals surface area contributed by atoms with Crippen LogP contribution >= 0.6 is 0 Å². The molecule has 0 bridgehead atoms. The van der Waals surface area contributed by atoms with Gasteiger partial charge in [0, 0.05) is 6.20 Å². The van der Waals surface area contributed by atoms with Gasteiger partial charge >= 0.3 is 5.97 Å². The average molecular weight is 403 g/mol. The Morgan fingerprint density at radius 2 is 2.03 bits per heavy atom. The molecule has 1 N–H and O–H groups in total. The van der Waals surface area contributed by atoms with Gasteiger partial charge in [-0.05, 0) is 36.6 Å². The molecule has 1 amide bonds. The van der Waals surface area contributed by atoms with Gasteiger partial charge in [0.05, 0.1) is 49.8 Å². The fraction of sp³-hybridized carbons (Fsp3) is 0.381. The minimum atomic E-state index is -0.415. The van der Waals surface area contributed by atoms with Gasteiger partial charge in [-0.25, -0.2) is 9.45 Å². The maximum Gasteiger partial charge on any atom is 0.307 e. The van der Waals surface area contributed by atoms with E-state index in [1.165, 1.54) is 24.4 Å². The fourth-order valence-corrected chi connectivity index (χ4v) is 2.82. The lowest BCUT2D eigenvalue weighted by Crippen LogP contribution is -2.38. The van der Waals surface area contributed by atoms with Gasteiger partial charge in [0.25, 0.3) is 5.91 Å². The molecule has 0 aliphatic carbocycles. The number of nitrogens with zero attached hydrogens (tertiary/aromatic N) is 2. The van der Waals surface area contributed by atoms with Crippen molar-refractivity contribution in [1.82, 2.24) is 10.0 Å². The van der Waals surface area contributed by atoms with Crippen molar-refractivity contribution >= 4 is 23.3 Å². The minimum absolute atomic E-state index is 0.0359. The summed E-state index contributed by atoms with van der Waals surface area (Å²) >= 11 is 0. The summed E-state index contributed by atoms with van der Waals surface area (Å²) in [5.74, 6) is -1.19. The molecule has 7 nitrogen and oxygen atoms in total. The lowest BCUT2D eigenvalue weighted by molar-refractivity contribution is -0.152. The number of nitrogens with one attached hydrogen (secondary N) is 1. The summed E-state index contributed by atoms with van der Waals surface area (Å²) in [7, 11) is 1.29. The van der Waals surface area contributed by atoms with Gasteiger partial charge in [-0.15, -0.1) is 0 Å². The third kappa shape index (κ3) is 5.51. The second-order valence-corrected chi connectivity index (χ2v) is 6.15. The third-order valence-corrected chi connectivity index (χ3v) is 4.22. The quantitative estimate of drug-likeness (QED) is 0.739. The van der Waals surface area contributed by atoms with Gasteiger partial charge in [-0.2, -0.15) is 0 Å². The number of methoxy groups -OCH3 is 1. The SMILES string of the molecule is CC.COC(=O)CCON1CCc2cncc(Nc3ccc(C)cc3F)c2C1=O. The van der Waals surface area contributed by atoms with Gasteiger partial charge in [0.15, 0.2) is 0 Å². The number of anilines is 2. The van der Waals surface area contributed by atoms with Gasteiger partial charge in [-0.3, -0.25) is 19.4 Å². The lowest BCUT2D eigenvalue weighted by atomic mass is 10.0. The van der Waals surface area contributed by atoms with Gasteiger partial charge < -0.3 is 10.1 Å². The number of fused-ring (bicyclic) bond motifs is 1. The molecule has 2 aromatic rings. The molecule has 0 atom stereocenters. The summed E-state index contributed by atoms with van der Waals surface area (Å²) in [4.78, 5) is 33.6. The molecular weight excluding hydrogens is 377 g/mol. The van der Waals surface area contributed by atoms with Crippen LogP contribution < -0.4 is 5.32 Å². The number of hydroxylamine groups is 2. The number of pyridine rings is 1. The van der Waals surface area contributed by atoms with Crippen LogP contribution in [0, 0.1) is 12.7 Å². The molecule has 0 radical (unpaired) electrons. The van der Waals surface area contributed by atoms with E-state index in [2.05, 4.69) is 15.0 Å². The number of aryl methyl sites for hydroxylation is 1. The van der Waals surface area contributed by atoms with Crippen molar-refractivity contribution in [3.05, 3.63) is 53.1 Å². The second-order valence-electron chi connectivity index (χ2n) is 6.15. The van der Waals surface area contributed by atoms with Crippen molar-refractivity contribution < 1.29 is 23.6 Å². The summed E-state index contributed by atoms with van der Waals surface area (Å²) in [6.45, 7) is 6.18. The highest BCUT2D eigenvalue weighted by Gasteiger charge is 2.28. The van der Waals surface area contributed by atoms with Crippen LogP contribution in [-0.2, 0) is 20.8 Å². The Kier molecular flexibility index (Phi) is 8.09. The number of esters is 1. The lowest BCUT2D eigenvalue weighted by Gasteiger charge is -2.28. The number of ether oxygens (including phenoxy) is 1. The summed E-state index contributed by atoms with van der Waals surface area (Å²) in [6, 6.07) is 4.80. The van der Waals surface area contributed by atoms with Crippen LogP contribution in [0.3, 0.4) is 0 Å². The molecule has 156 valence electrons. The Morgan fingerprint density at radius 1 is 1.28 bits per heavy atom. The smallest absolute Gasteiger partial charge is 0.307 e. The van der Waals surface area contributed by atoms with Crippen LogP contribution in [-0.4, -0.2) is 42.2 Å². The van der Waals surface area contributed by atoms with Gasteiger partial charge in [0.2, 0.25) is 0 Å². The maximum atomic E-state index is 14.2. The van der Waals surface area contributed by atoms with Crippen molar-refractivity contribution in [3.8, 4) is 0 Å². The number of halogens is 1. The molecule has 0 spiro atoms. The molecule has 3 rings (SSSR count). The summed E-state index contributed by atoms with van der Waals surface area (Å²) < 4.78 is 18.7. The number of rotatable bonds is 6. The van der Waals surface area contributed by atoms with Crippen LogP contribution in [0.1, 0.15) is 41.8 Å². The largest absolute Gasteiger partial charge is 0.469 e. The van der Waals surface area contributed by atoms with Gasteiger partial charge in [-0.1, -0.05) is 19.9 Å².